The van der Waals surface area contributed by atoms with Crippen LogP contribution < -0.4 is 5.32 Å². The van der Waals surface area contributed by atoms with E-state index in [1.807, 2.05) is 42.2 Å². The van der Waals surface area contributed by atoms with Gasteiger partial charge in [-0.15, -0.1) is 0 Å². The highest BCUT2D eigenvalue weighted by Gasteiger charge is 2.12. The molecule has 22 heavy (non-hydrogen) atoms. The Kier molecular flexibility index (Phi) is 5.92. The topological polar surface area (TPSA) is 32.3 Å². The van der Waals surface area contributed by atoms with E-state index in [4.69, 9.17) is 11.6 Å². The van der Waals surface area contributed by atoms with Gasteiger partial charge in [0.25, 0.3) is 0 Å². The zero-order chi connectivity index (χ0) is 15.9. The smallest absolute Gasteiger partial charge is 0.238 e. The fourth-order valence-corrected chi connectivity index (χ4v) is 2.26. The van der Waals surface area contributed by atoms with Crippen molar-refractivity contribution in [1.82, 2.24) is 4.90 Å². The largest absolute Gasteiger partial charge is 0.322 e. The molecule has 0 atom stereocenters. The van der Waals surface area contributed by atoms with Crippen molar-refractivity contribution < 1.29 is 9.18 Å². The standard InChI is InChI=1S/C17H18ClFN2O/c1-2-21(11-13-6-4-3-5-7-13)12-17(22)20-16-9-8-14(18)10-15(16)19/h3-10H,2,11-12H2,1H3,(H,20,22). The first kappa shape index (κ1) is 16.5. The highest BCUT2D eigenvalue weighted by atomic mass is 35.5. The Bertz CT molecular complexity index is 634. The molecule has 2 rings (SSSR count). The van der Waals surface area contributed by atoms with Crippen molar-refractivity contribution in [2.24, 2.45) is 0 Å². The predicted molar refractivity (Wildman–Crippen MR) is 87.4 cm³/mol. The number of hydrogen-bond acceptors (Lipinski definition) is 2. The normalized spacial score (nSPS) is 10.7. The summed E-state index contributed by atoms with van der Waals surface area (Å²) in [4.78, 5) is 14.0. The van der Waals surface area contributed by atoms with E-state index in [1.54, 1.807) is 6.07 Å². The lowest BCUT2D eigenvalue weighted by Gasteiger charge is -2.20. The number of likely N-dealkylation sites (N-methyl/N-ethyl adjacent to an activating group) is 1. The third-order valence-corrected chi connectivity index (χ3v) is 3.50. The van der Waals surface area contributed by atoms with E-state index in [9.17, 15) is 9.18 Å². The fourth-order valence-electron chi connectivity index (χ4n) is 2.10. The van der Waals surface area contributed by atoms with Gasteiger partial charge in [0.1, 0.15) is 5.82 Å². The molecule has 2 aromatic carbocycles. The van der Waals surface area contributed by atoms with Crippen LogP contribution in [0.25, 0.3) is 0 Å². The summed E-state index contributed by atoms with van der Waals surface area (Å²) in [5, 5.41) is 2.87. The zero-order valence-corrected chi connectivity index (χ0v) is 13.1. The Balaban J connectivity index is 1.94. The van der Waals surface area contributed by atoms with Gasteiger partial charge in [-0.1, -0.05) is 48.9 Å². The first-order valence-corrected chi connectivity index (χ1v) is 7.47. The summed E-state index contributed by atoms with van der Waals surface area (Å²) in [5.74, 6) is -0.786. The third-order valence-electron chi connectivity index (χ3n) is 3.27. The monoisotopic (exact) mass is 320 g/mol. The lowest BCUT2D eigenvalue weighted by atomic mass is 10.2. The minimum Gasteiger partial charge on any atom is -0.322 e. The summed E-state index contributed by atoms with van der Waals surface area (Å²) in [7, 11) is 0. The van der Waals surface area contributed by atoms with Gasteiger partial charge in [0, 0.05) is 11.6 Å². The molecule has 0 saturated heterocycles. The van der Waals surface area contributed by atoms with E-state index in [0.717, 1.165) is 12.1 Å². The number of halogens is 2. The van der Waals surface area contributed by atoms with Crippen LogP contribution in [0.4, 0.5) is 10.1 Å². The van der Waals surface area contributed by atoms with Gasteiger partial charge < -0.3 is 5.32 Å². The van der Waals surface area contributed by atoms with Crippen LogP contribution in [0, 0.1) is 5.82 Å². The van der Waals surface area contributed by atoms with Crippen molar-refractivity contribution >= 4 is 23.2 Å². The van der Waals surface area contributed by atoms with Gasteiger partial charge in [-0.3, -0.25) is 9.69 Å². The van der Waals surface area contributed by atoms with Crippen LogP contribution in [0.2, 0.25) is 5.02 Å². The third kappa shape index (κ3) is 4.83. The van der Waals surface area contributed by atoms with Gasteiger partial charge in [-0.05, 0) is 30.3 Å². The molecule has 0 heterocycles. The van der Waals surface area contributed by atoms with Crippen LogP contribution >= 0.6 is 11.6 Å². The minimum atomic E-state index is -0.535. The van der Waals surface area contributed by atoms with Crippen LogP contribution in [-0.4, -0.2) is 23.9 Å². The Morgan fingerprint density at radius 3 is 2.59 bits per heavy atom. The number of amides is 1. The molecule has 3 nitrogen and oxygen atoms in total. The molecule has 0 fully saturated rings. The molecule has 1 amide bonds. The van der Waals surface area contributed by atoms with E-state index < -0.39 is 5.82 Å². The number of nitrogens with one attached hydrogen (secondary N) is 1. The summed E-state index contributed by atoms with van der Waals surface area (Å²) < 4.78 is 13.7. The van der Waals surface area contributed by atoms with Crippen molar-refractivity contribution in [3.63, 3.8) is 0 Å². The van der Waals surface area contributed by atoms with E-state index in [0.29, 0.717) is 11.6 Å². The van der Waals surface area contributed by atoms with Crippen LogP contribution in [-0.2, 0) is 11.3 Å². The van der Waals surface area contributed by atoms with Crippen molar-refractivity contribution in [2.75, 3.05) is 18.4 Å². The van der Waals surface area contributed by atoms with Crippen LogP contribution in [0.1, 0.15) is 12.5 Å². The minimum absolute atomic E-state index is 0.144. The molecule has 0 saturated carbocycles. The summed E-state index contributed by atoms with van der Waals surface area (Å²) >= 11 is 5.69. The second kappa shape index (κ2) is 7.92. The molecule has 0 unspecified atom stereocenters. The number of rotatable bonds is 6. The molecule has 0 aliphatic carbocycles. The molecule has 116 valence electrons. The summed E-state index contributed by atoms with van der Waals surface area (Å²) in [6.45, 7) is 3.59. The summed E-state index contributed by atoms with van der Waals surface area (Å²) in [6, 6.07) is 14.1. The van der Waals surface area contributed by atoms with Gasteiger partial charge in [-0.2, -0.15) is 0 Å². The Morgan fingerprint density at radius 2 is 1.95 bits per heavy atom. The molecule has 0 bridgehead atoms. The molecule has 0 spiro atoms. The highest BCUT2D eigenvalue weighted by molar-refractivity contribution is 6.30. The molecule has 0 aliphatic rings. The van der Waals surface area contributed by atoms with Crippen molar-refractivity contribution in [1.29, 1.82) is 0 Å². The van der Waals surface area contributed by atoms with E-state index in [1.165, 1.54) is 12.1 Å². The van der Waals surface area contributed by atoms with Crippen LogP contribution in [0.5, 0.6) is 0 Å². The maximum absolute atomic E-state index is 13.7. The van der Waals surface area contributed by atoms with Gasteiger partial charge in [0.05, 0.1) is 12.2 Å². The molecule has 0 aliphatic heterocycles. The van der Waals surface area contributed by atoms with E-state index in [-0.39, 0.29) is 18.1 Å². The number of benzene rings is 2. The summed E-state index contributed by atoms with van der Waals surface area (Å²) in [6.07, 6.45) is 0. The SMILES string of the molecule is CCN(CC(=O)Nc1ccc(Cl)cc1F)Cc1ccccc1. The maximum Gasteiger partial charge on any atom is 0.238 e. The zero-order valence-electron chi connectivity index (χ0n) is 12.4. The average molecular weight is 321 g/mol. The van der Waals surface area contributed by atoms with E-state index in [2.05, 4.69) is 5.32 Å². The quantitative estimate of drug-likeness (QED) is 0.874. The second-order valence-corrected chi connectivity index (χ2v) is 5.40. The molecule has 0 aromatic heterocycles. The summed E-state index contributed by atoms with van der Waals surface area (Å²) in [5.41, 5.74) is 1.28. The lowest BCUT2D eigenvalue weighted by molar-refractivity contribution is -0.117. The number of nitrogens with zero attached hydrogens (tertiary/aromatic N) is 1. The predicted octanol–water partition coefficient (Wildman–Crippen LogP) is 3.94. The molecule has 5 heteroatoms. The van der Waals surface area contributed by atoms with Gasteiger partial charge >= 0.3 is 0 Å². The molecule has 2 aromatic rings. The van der Waals surface area contributed by atoms with Crippen LogP contribution in [0.3, 0.4) is 0 Å². The highest BCUT2D eigenvalue weighted by Crippen LogP contribution is 2.18. The first-order chi connectivity index (χ1) is 10.6. The molecular weight excluding hydrogens is 303 g/mol. The fraction of sp³-hybridized carbons (Fsp3) is 0.235. The molecule has 0 radical (unpaired) electrons. The number of carbonyl (C=O) groups excluding carboxylic acids is 1. The molecular formula is C17H18ClFN2O. The first-order valence-electron chi connectivity index (χ1n) is 7.09. The van der Waals surface area contributed by atoms with Crippen LogP contribution in [0.15, 0.2) is 48.5 Å². The number of anilines is 1. The van der Waals surface area contributed by atoms with E-state index >= 15 is 0 Å². The average Bonchev–Trinajstić information content (AvgIpc) is 2.50. The van der Waals surface area contributed by atoms with Gasteiger partial charge in [-0.25, -0.2) is 4.39 Å². The van der Waals surface area contributed by atoms with Gasteiger partial charge in [0.2, 0.25) is 5.91 Å². The number of hydrogen-bond donors (Lipinski definition) is 1. The Hall–Kier alpha value is -1.91. The maximum atomic E-state index is 13.7. The van der Waals surface area contributed by atoms with Crippen molar-refractivity contribution in [3.8, 4) is 0 Å². The second-order valence-electron chi connectivity index (χ2n) is 4.96. The van der Waals surface area contributed by atoms with Crippen molar-refractivity contribution in [3.05, 3.63) is 64.9 Å². The van der Waals surface area contributed by atoms with Crippen molar-refractivity contribution in [2.45, 2.75) is 13.5 Å². The Morgan fingerprint density at radius 1 is 1.23 bits per heavy atom. The molecule has 1 N–H and O–H groups in total. The van der Waals surface area contributed by atoms with Gasteiger partial charge in [0.15, 0.2) is 0 Å². The number of carbonyl (C=O) groups is 1. The lowest BCUT2D eigenvalue weighted by Crippen LogP contribution is -2.32. The Labute approximate surface area is 134 Å².